The zero-order valence-electron chi connectivity index (χ0n) is 11.0. The summed E-state index contributed by atoms with van der Waals surface area (Å²) < 4.78 is 0. The molecule has 4 heteroatoms. The standard InChI is InChI=1S/C15H20N2O2/c18-14-4-2-1-3-12(14)17-15(19)11-6-5-10-7-8-16-13(10)9-11/h5-6,9,12,14,16,18H,1-4,7-8H2,(H,17,19)/t12-,14-/m1/s1. The Labute approximate surface area is 113 Å². The zero-order valence-corrected chi connectivity index (χ0v) is 11.0. The molecule has 1 amide bonds. The van der Waals surface area contributed by atoms with Gasteiger partial charge in [0.15, 0.2) is 0 Å². The van der Waals surface area contributed by atoms with Gasteiger partial charge >= 0.3 is 0 Å². The first-order valence-corrected chi connectivity index (χ1v) is 7.10. The van der Waals surface area contributed by atoms with E-state index in [1.807, 2.05) is 18.2 Å². The van der Waals surface area contributed by atoms with Gasteiger partial charge in [-0.3, -0.25) is 4.79 Å². The summed E-state index contributed by atoms with van der Waals surface area (Å²) in [7, 11) is 0. The number of aliphatic hydroxyl groups is 1. The van der Waals surface area contributed by atoms with Crippen LogP contribution >= 0.6 is 0 Å². The van der Waals surface area contributed by atoms with E-state index < -0.39 is 6.10 Å². The fourth-order valence-corrected chi connectivity index (χ4v) is 2.96. The predicted molar refractivity (Wildman–Crippen MR) is 74.4 cm³/mol. The minimum atomic E-state index is -0.398. The fourth-order valence-electron chi connectivity index (χ4n) is 2.96. The van der Waals surface area contributed by atoms with Crippen LogP contribution in [0.3, 0.4) is 0 Å². The molecular weight excluding hydrogens is 240 g/mol. The number of benzene rings is 1. The van der Waals surface area contributed by atoms with E-state index in [1.165, 1.54) is 5.56 Å². The van der Waals surface area contributed by atoms with Crippen molar-refractivity contribution in [1.82, 2.24) is 5.32 Å². The van der Waals surface area contributed by atoms with Crippen LogP contribution in [0.4, 0.5) is 5.69 Å². The topological polar surface area (TPSA) is 61.4 Å². The second-order valence-electron chi connectivity index (χ2n) is 5.48. The van der Waals surface area contributed by atoms with Crippen LogP contribution in [0.15, 0.2) is 18.2 Å². The fraction of sp³-hybridized carbons (Fsp3) is 0.533. The van der Waals surface area contributed by atoms with Crippen LogP contribution in [0.2, 0.25) is 0 Å². The molecule has 3 rings (SSSR count). The lowest BCUT2D eigenvalue weighted by molar-refractivity contribution is 0.0717. The third kappa shape index (κ3) is 2.59. The lowest BCUT2D eigenvalue weighted by atomic mass is 9.92. The van der Waals surface area contributed by atoms with Crippen LogP contribution in [0.5, 0.6) is 0 Å². The molecule has 1 aromatic rings. The predicted octanol–water partition coefficient (Wildman–Crippen LogP) is 1.69. The van der Waals surface area contributed by atoms with Gasteiger partial charge in [0.2, 0.25) is 0 Å². The lowest BCUT2D eigenvalue weighted by Gasteiger charge is -2.28. The Morgan fingerprint density at radius 3 is 3.00 bits per heavy atom. The quantitative estimate of drug-likeness (QED) is 0.758. The lowest BCUT2D eigenvalue weighted by Crippen LogP contribution is -2.45. The van der Waals surface area contributed by atoms with Crippen LogP contribution in [0.1, 0.15) is 41.6 Å². The summed E-state index contributed by atoms with van der Waals surface area (Å²) in [5, 5.41) is 16.1. The van der Waals surface area contributed by atoms with Gasteiger partial charge in [-0.1, -0.05) is 18.9 Å². The molecule has 19 heavy (non-hydrogen) atoms. The minimum Gasteiger partial charge on any atom is -0.391 e. The maximum absolute atomic E-state index is 12.2. The van der Waals surface area contributed by atoms with Crippen molar-refractivity contribution in [3.05, 3.63) is 29.3 Å². The van der Waals surface area contributed by atoms with Gasteiger partial charge in [-0.2, -0.15) is 0 Å². The smallest absolute Gasteiger partial charge is 0.251 e. The molecule has 0 bridgehead atoms. The van der Waals surface area contributed by atoms with Crippen molar-refractivity contribution in [2.45, 2.75) is 44.2 Å². The van der Waals surface area contributed by atoms with Gasteiger partial charge in [-0.25, -0.2) is 0 Å². The summed E-state index contributed by atoms with van der Waals surface area (Å²) in [6.07, 6.45) is 4.42. The number of nitrogens with one attached hydrogen (secondary N) is 2. The molecule has 3 N–H and O–H groups in total. The van der Waals surface area contributed by atoms with Gasteiger partial charge in [-0.05, 0) is 37.0 Å². The Kier molecular flexibility index (Phi) is 3.42. The Morgan fingerprint density at radius 2 is 2.16 bits per heavy atom. The average Bonchev–Trinajstić information content (AvgIpc) is 2.88. The molecule has 1 heterocycles. The van der Waals surface area contributed by atoms with E-state index in [1.54, 1.807) is 0 Å². The van der Waals surface area contributed by atoms with Crippen LogP contribution in [0.25, 0.3) is 0 Å². The van der Waals surface area contributed by atoms with Gasteiger partial charge < -0.3 is 15.7 Å². The number of aliphatic hydroxyl groups excluding tert-OH is 1. The first-order valence-electron chi connectivity index (χ1n) is 7.10. The van der Waals surface area contributed by atoms with Gasteiger partial charge in [0.05, 0.1) is 12.1 Å². The van der Waals surface area contributed by atoms with E-state index in [0.717, 1.165) is 44.3 Å². The molecule has 0 aromatic heterocycles. The molecule has 1 fully saturated rings. The monoisotopic (exact) mass is 260 g/mol. The Bertz CT molecular complexity index is 487. The van der Waals surface area contributed by atoms with E-state index in [0.29, 0.717) is 5.56 Å². The van der Waals surface area contributed by atoms with Crippen LogP contribution in [-0.4, -0.2) is 29.7 Å². The summed E-state index contributed by atoms with van der Waals surface area (Å²) in [5.74, 6) is -0.0811. The summed E-state index contributed by atoms with van der Waals surface area (Å²) in [4.78, 5) is 12.2. The molecule has 1 aromatic carbocycles. The number of hydrogen-bond acceptors (Lipinski definition) is 3. The van der Waals surface area contributed by atoms with Crippen molar-refractivity contribution in [3.8, 4) is 0 Å². The maximum Gasteiger partial charge on any atom is 0.251 e. The van der Waals surface area contributed by atoms with Crippen molar-refractivity contribution < 1.29 is 9.90 Å². The molecule has 0 saturated heterocycles. The number of hydrogen-bond donors (Lipinski definition) is 3. The number of carbonyl (C=O) groups is 1. The maximum atomic E-state index is 12.2. The van der Waals surface area contributed by atoms with Crippen molar-refractivity contribution in [1.29, 1.82) is 0 Å². The normalized spacial score (nSPS) is 25.5. The first kappa shape index (κ1) is 12.5. The first-order chi connectivity index (χ1) is 9.24. The molecule has 1 saturated carbocycles. The third-order valence-electron chi connectivity index (χ3n) is 4.13. The summed E-state index contributed by atoms with van der Waals surface area (Å²) in [6, 6.07) is 5.70. The molecule has 2 aliphatic rings. The highest BCUT2D eigenvalue weighted by atomic mass is 16.3. The SMILES string of the molecule is O=C(N[C@@H]1CCCC[C@H]1O)c1ccc2c(c1)NCC2. The van der Waals surface area contributed by atoms with E-state index in [4.69, 9.17) is 0 Å². The summed E-state index contributed by atoms with van der Waals surface area (Å²) in [6.45, 7) is 0.946. The zero-order chi connectivity index (χ0) is 13.2. The van der Waals surface area contributed by atoms with Crippen molar-refractivity contribution >= 4 is 11.6 Å². The summed E-state index contributed by atoms with van der Waals surface area (Å²) >= 11 is 0. The van der Waals surface area contributed by atoms with Crippen LogP contribution < -0.4 is 10.6 Å². The van der Waals surface area contributed by atoms with E-state index >= 15 is 0 Å². The van der Waals surface area contributed by atoms with Gasteiger partial charge in [0, 0.05) is 17.8 Å². The van der Waals surface area contributed by atoms with Crippen LogP contribution in [0, 0.1) is 0 Å². The molecule has 0 radical (unpaired) electrons. The largest absolute Gasteiger partial charge is 0.391 e. The van der Waals surface area contributed by atoms with E-state index in [-0.39, 0.29) is 11.9 Å². The second kappa shape index (κ2) is 5.21. The number of rotatable bonds is 2. The summed E-state index contributed by atoms with van der Waals surface area (Å²) in [5.41, 5.74) is 3.01. The second-order valence-corrected chi connectivity index (χ2v) is 5.48. The number of carbonyl (C=O) groups excluding carboxylic acids is 1. The number of amides is 1. The van der Waals surface area contributed by atoms with E-state index in [9.17, 15) is 9.90 Å². The van der Waals surface area contributed by atoms with Crippen LogP contribution in [-0.2, 0) is 6.42 Å². The van der Waals surface area contributed by atoms with Crippen molar-refractivity contribution in [2.24, 2.45) is 0 Å². The highest BCUT2D eigenvalue weighted by Gasteiger charge is 2.25. The average molecular weight is 260 g/mol. The third-order valence-corrected chi connectivity index (χ3v) is 4.13. The Morgan fingerprint density at radius 1 is 1.32 bits per heavy atom. The highest BCUT2D eigenvalue weighted by molar-refractivity contribution is 5.95. The van der Waals surface area contributed by atoms with Crippen molar-refractivity contribution in [2.75, 3.05) is 11.9 Å². The van der Waals surface area contributed by atoms with Gasteiger partial charge in [0.25, 0.3) is 5.91 Å². The molecular formula is C15H20N2O2. The molecule has 4 nitrogen and oxygen atoms in total. The van der Waals surface area contributed by atoms with Crippen molar-refractivity contribution in [3.63, 3.8) is 0 Å². The molecule has 1 aliphatic heterocycles. The molecule has 2 atom stereocenters. The van der Waals surface area contributed by atoms with Gasteiger partial charge in [-0.15, -0.1) is 0 Å². The molecule has 1 aliphatic carbocycles. The molecule has 0 unspecified atom stereocenters. The number of anilines is 1. The minimum absolute atomic E-state index is 0.0811. The molecule has 0 spiro atoms. The highest BCUT2D eigenvalue weighted by Crippen LogP contribution is 2.24. The van der Waals surface area contributed by atoms with E-state index in [2.05, 4.69) is 10.6 Å². The Hall–Kier alpha value is -1.55. The Balaban J connectivity index is 1.70. The molecule has 102 valence electrons. The van der Waals surface area contributed by atoms with Gasteiger partial charge in [0.1, 0.15) is 0 Å². The number of fused-ring (bicyclic) bond motifs is 1.